The van der Waals surface area contributed by atoms with E-state index in [0.29, 0.717) is 32.5 Å². The largest absolute Gasteiger partial charge is 0.324 e. The lowest BCUT2D eigenvalue weighted by Gasteiger charge is -2.31. The first-order valence-electron chi connectivity index (χ1n) is 8.75. The smallest absolute Gasteiger partial charge is 0.265 e. The Morgan fingerprint density at radius 1 is 0.966 bits per heavy atom. The number of amides is 1. The summed E-state index contributed by atoms with van der Waals surface area (Å²) in [5.74, 6) is -0.459. The van der Waals surface area contributed by atoms with Gasteiger partial charge in [-0.3, -0.25) is 9.10 Å². The summed E-state index contributed by atoms with van der Waals surface area (Å²) < 4.78 is 27.6. The highest BCUT2D eigenvalue weighted by Crippen LogP contribution is 2.43. The monoisotopic (exact) mass is 446 g/mol. The van der Waals surface area contributed by atoms with Gasteiger partial charge in [0.1, 0.15) is 6.54 Å². The molecule has 0 saturated heterocycles. The first-order valence-corrected chi connectivity index (χ1v) is 10.9. The molecule has 0 spiro atoms. The highest BCUT2D eigenvalue weighted by Gasteiger charge is 2.36. The maximum atomic E-state index is 13.2. The summed E-state index contributed by atoms with van der Waals surface area (Å²) in [5.41, 5.74) is 3.00. The number of nitrogens with one attached hydrogen (secondary N) is 1. The second-order valence-corrected chi connectivity index (χ2v) is 9.38. The molecule has 8 heteroatoms. The van der Waals surface area contributed by atoms with E-state index in [1.54, 1.807) is 54.6 Å². The van der Waals surface area contributed by atoms with Crippen LogP contribution in [0.15, 0.2) is 65.6 Å². The Labute approximate surface area is 178 Å². The van der Waals surface area contributed by atoms with Crippen LogP contribution in [0, 0.1) is 6.92 Å². The number of hydrogen-bond acceptors (Lipinski definition) is 3. The zero-order valence-electron chi connectivity index (χ0n) is 15.3. The lowest BCUT2D eigenvalue weighted by Crippen LogP contribution is -2.40. The first kappa shape index (κ1) is 19.8. The van der Waals surface area contributed by atoms with Crippen molar-refractivity contribution in [3.05, 3.63) is 76.3 Å². The van der Waals surface area contributed by atoms with E-state index < -0.39 is 15.9 Å². The van der Waals surface area contributed by atoms with Gasteiger partial charge in [-0.1, -0.05) is 41.4 Å². The average molecular weight is 447 g/mol. The second kappa shape index (κ2) is 7.37. The van der Waals surface area contributed by atoms with Gasteiger partial charge in [0.15, 0.2) is 0 Å². The third-order valence-electron chi connectivity index (χ3n) is 4.72. The molecule has 1 heterocycles. The number of hydrogen-bond donors (Lipinski definition) is 1. The Balaban J connectivity index is 1.73. The Morgan fingerprint density at radius 3 is 2.41 bits per heavy atom. The Bertz CT molecular complexity index is 1240. The number of anilines is 2. The van der Waals surface area contributed by atoms with Gasteiger partial charge < -0.3 is 5.32 Å². The standard InChI is InChI=1S/C21H16Cl2N2O3S/c1-13-10-14(22)6-8-18(13)24-21(26)12-25-19-9-7-15(23)11-17(19)16-4-2-3-5-20(16)29(25,27)28/h2-11H,12H2,1H3,(H,24,26). The average Bonchev–Trinajstić information content (AvgIpc) is 2.68. The quantitative estimate of drug-likeness (QED) is 0.607. The van der Waals surface area contributed by atoms with Crippen molar-refractivity contribution >= 4 is 50.5 Å². The molecule has 29 heavy (non-hydrogen) atoms. The summed E-state index contributed by atoms with van der Waals surface area (Å²) in [6.45, 7) is 1.44. The predicted molar refractivity (Wildman–Crippen MR) is 116 cm³/mol. The molecule has 0 aromatic heterocycles. The van der Waals surface area contributed by atoms with E-state index >= 15 is 0 Å². The summed E-state index contributed by atoms with van der Waals surface area (Å²) in [6, 6.07) is 16.7. The number of fused-ring (bicyclic) bond motifs is 3. The van der Waals surface area contributed by atoms with Crippen molar-refractivity contribution in [3.8, 4) is 11.1 Å². The zero-order valence-corrected chi connectivity index (χ0v) is 17.6. The van der Waals surface area contributed by atoms with Crippen molar-refractivity contribution < 1.29 is 13.2 Å². The molecule has 148 valence electrons. The molecule has 4 rings (SSSR count). The number of carbonyl (C=O) groups excluding carboxylic acids is 1. The van der Waals surface area contributed by atoms with E-state index in [9.17, 15) is 13.2 Å². The SMILES string of the molecule is Cc1cc(Cl)ccc1NC(=O)CN1c2ccc(Cl)cc2-c2ccccc2S1(=O)=O. The minimum atomic E-state index is -3.90. The number of carbonyl (C=O) groups is 1. The molecule has 1 aliphatic heterocycles. The van der Waals surface area contributed by atoms with Gasteiger partial charge in [-0.15, -0.1) is 0 Å². The van der Waals surface area contributed by atoms with E-state index in [2.05, 4.69) is 5.32 Å². The molecular formula is C21H16Cl2N2O3S. The van der Waals surface area contributed by atoms with Crippen LogP contribution in [-0.2, 0) is 14.8 Å². The number of aryl methyl sites for hydroxylation is 1. The van der Waals surface area contributed by atoms with Gasteiger partial charge in [0.05, 0.1) is 10.6 Å². The molecular weight excluding hydrogens is 431 g/mol. The Kier molecular flexibility index (Phi) is 5.02. The van der Waals surface area contributed by atoms with Crippen molar-refractivity contribution in [1.29, 1.82) is 0 Å². The number of sulfonamides is 1. The molecule has 0 fully saturated rings. The van der Waals surface area contributed by atoms with E-state index in [1.807, 2.05) is 6.92 Å². The van der Waals surface area contributed by atoms with Crippen LogP contribution in [0.1, 0.15) is 5.56 Å². The number of benzene rings is 3. The summed E-state index contributed by atoms with van der Waals surface area (Å²) in [7, 11) is -3.90. The molecule has 1 aliphatic rings. The molecule has 0 atom stereocenters. The summed E-state index contributed by atoms with van der Waals surface area (Å²) in [5, 5.41) is 3.80. The van der Waals surface area contributed by atoms with Crippen LogP contribution >= 0.6 is 23.2 Å². The van der Waals surface area contributed by atoms with Gasteiger partial charge in [0.25, 0.3) is 10.0 Å². The fraction of sp³-hybridized carbons (Fsp3) is 0.0952. The predicted octanol–water partition coefficient (Wildman–Crippen LogP) is 5.12. The highest BCUT2D eigenvalue weighted by molar-refractivity contribution is 7.93. The van der Waals surface area contributed by atoms with E-state index in [0.717, 1.165) is 9.87 Å². The van der Waals surface area contributed by atoms with Crippen molar-refractivity contribution in [3.63, 3.8) is 0 Å². The highest BCUT2D eigenvalue weighted by atomic mass is 35.5. The first-order chi connectivity index (χ1) is 13.8. The zero-order chi connectivity index (χ0) is 20.8. The number of nitrogens with zero attached hydrogens (tertiary/aromatic N) is 1. The van der Waals surface area contributed by atoms with Gasteiger partial charge >= 0.3 is 0 Å². The fourth-order valence-electron chi connectivity index (χ4n) is 3.36. The summed E-state index contributed by atoms with van der Waals surface area (Å²) in [4.78, 5) is 12.9. The van der Waals surface area contributed by atoms with Crippen LogP contribution in [0.4, 0.5) is 11.4 Å². The fourth-order valence-corrected chi connectivity index (χ4v) is 5.41. The Morgan fingerprint density at radius 2 is 1.66 bits per heavy atom. The van der Waals surface area contributed by atoms with E-state index in [-0.39, 0.29) is 11.4 Å². The van der Waals surface area contributed by atoms with Gasteiger partial charge in [0.2, 0.25) is 5.91 Å². The molecule has 1 N–H and O–H groups in total. The Hall–Kier alpha value is -2.54. The third-order valence-corrected chi connectivity index (χ3v) is 7.01. The van der Waals surface area contributed by atoms with Crippen molar-refractivity contribution in [2.75, 3.05) is 16.2 Å². The van der Waals surface area contributed by atoms with Crippen LogP contribution in [0.3, 0.4) is 0 Å². The second-order valence-electron chi connectivity index (χ2n) is 6.68. The minimum Gasteiger partial charge on any atom is -0.324 e. The molecule has 0 bridgehead atoms. The molecule has 0 radical (unpaired) electrons. The van der Waals surface area contributed by atoms with Crippen LogP contribution < -0.4 is 9.62 Å². The molecule has 3 aromatic rings. The number of rotatable bonds is 3. The van der Waals surface area contributed by atoms with Crippen molar-refractivity contribution in [2.45, 2.75) is 11.8 Å². The summed E-state index contributed by atoms with van der Waals surface area (Å²) >= 11 is 12.1. The van der Waals surface area contributed by atoms with Crippen LogP contribution in [-0.4, -0.2) is 20.9 Å². The molecule has 0 aliphatic carbocycles. The third kappa shape index (κ3) is 3.59. The normalized spacial score (nSPS) is 14.1. The van der Waals surface area contributed by atoms with Gasteiger partial charge in [-0.2, -0.15) is 0 Å². The van der Waals surface area contributed by atoms with Crippen LogP contribution in [0.5, 0.6) is 0 Å². The van der Waals surface area contributed by atoms with E-state index in [1.165, 1.54) is 6.07 Å². The van der Waals surface area contributed by atoms with Gasteiger partial charge in [-0.05, 0) is 55.0 Å². The molecule has 1 amide bonds. The van der Waals surface area contributed by atoms with Crippen molar-refractivity contribution in [1.82, 2.24) is 0 Å². The minimum absolute atomic E-state index is 0.144. The lowest BCUT2D eigenvalue weighted by molar-refractivity contribution is -0.114. The molecule has 3 aromatic carbocycles. The molecule has 0 saturated carbocycles. The van der Waals surface area contributed by atoms with Crippen LogP contribution in [0.2, 0.25) is 10.0 Å². The molecule has 0 unspecified atom stereocenters. The molecule has 5 nitrogen and oxygen atoms in total. The van der Waals surface area contributed by atoms with Gasteiger partial charge in [-0.25, -0.2) is 8.42 Å². The van der Waals surface area contributed by atoms with Crippen LogP contribution in [0.25, 0.3) is 11.1 Å². The maximum absolute atomic E-state index is 13.2. The number of halogens is 2. The lowest BCUT2D eigenvalue weighted by atomic mass is 10.0. The van der Waals surface area contributed by atoms with Crippen molar-refractivity contribution in [2.24, 2.45) is 0 Å². The topological polar surface area (TPSA) is 66.5 Å². The summed E-state index contributed by atoms with van der Waals surface area (Å²) in [6.07, 6.45) is 0. The van der Waals surface area contributed by atoms with Gasteiger partial charge in [0, 0.05) is 26.9 Å². The van der Waals surface area contributed by atoms with E-state index in [4.69, 9.17) is 23.2 Å². The maximum Gasteiger partial charge on any atom is 0.265 e.